The molecule has 7 heteroatoms. The molecule has 0 spiro atoms. The molecular formula is C16H20FNO4S. The smallest absolute Gasteiger partial charge is 0.305 e. The van der Waals surface area contributed by atoms with Crippen molar-refractivity contribution in [1.29, 1.82) is 0 Å². The van der Waals surface area contributed by atoms with Gasteiger partial charge in [-0.25, -0.2) is 12.8 Å². The van der Waals surface area contributed by atoms with Crippen molar-refractivity contribution in [2.75, 3.05) is 18.7 Å². The summed E-state index contributed by atoms with van der Waals surface area (Å²) in [7, 11) is -2.18. The van der Waals surface area contributed by atoms with E-state index >= 15 is 0 Å². The van der Waals surface area contributed by atoms with Gasteiger partial charge in [-0.3, -0.25) is 4.79 Å². The summed E-state index contributed by atoms with van der Waals surface area (Å²) in [5, 5.41) is 3.26. The first-order valence-corrected chi connectivity index (χ1v) is 9.57. The molecule has 1 N–H and O–H groups in total. The van der Waals surface area contributed by atoms with Crippen LogP contribution in [0.4, 0.5) is 10.1 Å². The summed E-state index contributed by atoms with van der Waals surface area (Å²) in [5.41, 5.74) is 1.21. The topological polar surface area (TPSA) is 72.5 Å². The van der Waals surface area contributed by atoms with Gasteiger partial charge in [0.15, 0.2) is 9.84 Å². The number of sulfone groups is 1. The third kappa shape index (κ3) is 2.94. The van der Waals surface area contributed by atoms with Crippen molar-refractivity contribution in [3.05, 3.63) is 23.5 Å². The van der Waals surface area contributed by atoms with Gasteiger partial charge in [-0.15, -0.1) is 0 Å². The lowest BCUT2D eigenvalue weighted by Gasteiger charge is -2.33. The number of anilines is 1. The summed E-state index contributed by atoms with van der Waals surface area (Å²) in [6.45, 7) is 0. The van der Waals surface area contributed by atoms with E-state index < -0.39 is 15.7 Å². The second kappa shape index (κ2) is 5.78. The highest BCUT2D eigenvalue weighted by Gasteiger charge is 2.42. The summed E-state index contributed by atoms with van der Waals surface area (Å²) in [5.74, 6) is -0.724. The monoisotopic (exact) mass is 341 g/mol. The molecule has 1 aromatic carbocycles. The van der Waals surface area contributed by atoms with Crippen LogP contribution in [0.2, 0.25) is 0 Å². The van der Waals surface area contributed by atoms with Crippen LogP contribution >= 0.6 is 0 Å². The van der Waals surface area contributed by atoms with E-state index in [2.05, 4.69) is 5.32 Å². The number of benzene rings is 1. The number of hydrogen-bond donors (Lipinski definition) is 1. The van der Waals surface area contributed by atoms with Gasteiger partial charge in [-0.2, -0.15) is 0 Å². The van der Waals surface area contributed by atoms with Crippen molar-refractivity contribution in [2.24, 2.45) is 5.92 Å². The van der Waals surface area contributed by atoms with E-state index in [9.17, 15) is 17.6 Å². The molecule has 1 aromatic rings. The lowest BCUT2D eigenvalue weighted by molar-refractivity contribution is -0.142. The maximum Gasteiger partial charge on any atom is 0.305 e. The molecule has 0 amide bonds. The van der Waals surface area contributed by atoms with E-state index in [-0.39, 0.29) is 35.2 Å². The Bertz CT molecular complexity index is 747. The third-order valence-corrected chi connectivity index (χ3v) is 6.02. The molecule has 3 rings (SSSR count). The van der Waals surface area contributed by atoms with Gasteiger partial charge in [0.2, 0.25) is 0 Å². The van der Waals surface area contributed by atoms with Crippen molar-refractivity contribution in [1.82, 2.24) is 0 Å². The number of esters is 1. The van der Waals surface area contributed by atoms with E-state index in [1.165, 1.54) is 13.2 Å². The van der Waals surface area contributed by atoms with Gasteiger partial charge >= 0.3 is 5.97 Å². The summed E-state index contributed by atoms with van der Waals surface area (Å²) in [4.78, 5) is 11.6. The first-order chi connectivity index (χ1) is 10.8. The molecule has 2 aliphatic rings. The molecule has 1 aliphatic heterocycles. The average molecular weight is 341 g/mol. The van der Waals surface area contributed by atoms with Crippen LogP contribution in [0.25, 0.3) is 0 Å². The number of halogens is 1. The van der Waals surface area contributed by atoms with Gasteiger partial charge in [-0.1, -0.05) is 6.42 Å². The number of methoxy groups -OCH3 is 1. The van der Waals surface area contributed by atoms with Crippen LogP contribution in [0.15, 0.2) is 17.0 Å². The molecule has 5 nitrogen and oxygen atoms in total. The van der Waals surface area contributed by atoms with E-state index in [4.69, 9.17) is 4.74 Å². The highest BCUT2D eigenvalue weighted by atomic mass is 32.2. The SMILES string of the molecule is COC(=O)C[C@H]1CCCC2c3cc(F)cc(S(C)(=O)=O)c3NC21. The fraction of sp³-hybridized carbons (Fsp3) is 0.562. The summed E-state index contributed by atoms with van der Waals surface area (Å²) < 4.78 is 42.6. The molecule has 2 unspecified atom stereocenters. The predicted molar refractivity (Wildman–Crippen MR) is 83.6 cm³/mol. The summed E-state index contributed by atoms with van der Waals surface area (Å²) in [6.07, 6.45) is 4.02. The Morgan fingerprint density at radius 1 is 1.39 bits per heavy atom. The fourth-order valence-corrected chi connectivity index (χ4v) is 4.76. The minimum absolute atomic E-state index is 0.00119. The fourth-order valence-electron chi connectivity index (χ4n) is 3.89. The van der Waals surface area contributed by atoms with Gasteiger partial charge < -0.3 is 10.1 Å². The molecule has 126 valence electrons. The Balaban J connectivity index is 2.00. The Hall–Kier alpha value is -1.63. The van der Waals surface area contributed by atoms with Crippen molar-refractivity contribution in [3.63, 3.8) is 0 Å². The standard InChI is InChI=1S/C16H20FNO4S/c1-22-14(19)6-9-4-3-5-11-12-7-10(17)8-13(23(2,20)21)16(12)18-15(9)11/h7-9,11,15,18H,3-6H2,1-2H3/t9-,11?,15?/m1/s1. The normalized spacial score (nSPS) is 26.1. The van der Waals surface area contributed by atoms with E-state index in [0.29, 0.717) is 11.3 Å². The van der Waals surface area contributed by atoms with E-state index in [1.54, 1.807) is 0 Å². The first kappa shape index (κ1) is 16.2. The van der Waals surface area contributed by atoms with Gasteiger partial charge in [0.25, 0.3) is 0 Å². The van der Waals surface area contributed by atoms with Crippen LogP contribution in [-0.4, -0.2) is 33.8 Å². The van der Waals surface area contributed by atoms with Crippen LogP contribution in [0.1, 0.15) is 37.2 Å². The number of rotatable bonds is 3. The third-order valence-electron chi connectivity index (χ3n) is 4.90. The van der Waals surface area contributed by atoms with Gasteiger partial charge in [-0.05, 0) is 36.5 Å². The molecule has 23 heavy (non-hydrogen) atoms. The van der Waals surface area contributed by atoms with Crippen LogP contribution in [-0.2, 0) is 19.4 Å². The lowest BCUT2D eigenvalue weighted by Crippen LogP contribution is -2.35. The second-order valence-electron chi connectivity index (χ2n) is 6.39. The molecule has 0 saturated heterocycles. The molecule has 1 heterocycles. The van der Waals surface area contributed by atoms with Crippen LogP contribution < -0.4 is 5.32 Å². The molecule has 0 bridgehead atoms. The van der Waals surface area contributed by atoms with Crippen LogP contribution in [0.5, 0.6) is 0 Å². The molecule has 0 aromatic heterocycles. The van der Waals surface area contributed by atoms with Crippen molar-refractivity contribution in [2.45, 2.75) is 42.5 Å². The van der Waals surface area contributed by atoms with Crippen molar-refractivity contribution < 1.29 is 22.3 Å². The zero-order valence-electron chi connectivity index (χ0n) is 13.1. The molecule has 1 fully saturated rings. The Kier molecular flexibility index (Phi) is 4.08. The highest BCUT2D eigenvalue weighted by molar-refractivity contribution is 7.90. The van der Waals surface area contributed by atoms with Crippen LogP contribution in [0.3, 0.4) is 0 Å². The second-order valence-corrected chi connectivity index (χ2v) is 8.37. The predicted octanol–water partition coefficient (Wildman–Crippen LogP) is 2.47. The molecule has 0 radical (unpaired) electrons. The largest absolute Gasteiger partial charge is 0.469 e. The Labute approximate surface area is 135 Å². The maximum atomic E-state index is 13.9. The number of carbonyl (C=O) groups excluding carboxylic acids is 1. The van der Waals surface area contributed by atoms with Gasteiger partial charge in [0, 0.05) is 18.2 Å². The quantitative estimate of drug-likeness (QED) is 0.855. The number of ether oxygens (including phenoxy) is 1. The maximum absolute atomic E-state index is 13.9. The van der Waals surface area contributed by atoms with Gasteiger partial charge in [0.05, 0.1) is 24.1 Å². The van der Waals surface area contributed by atoms with E-state index in [1.807, 2.05) is 0 Å². The minimum Gasteiger partial charge on any atom is -0.469 e. The number of hydrogen-bond acceptors (Lipinski definition) is 5. The lowest BCUT2D eigenvalue weighted by atomic mass is 9.75. The van der Waals surface area contributed by atoms with E-state index in [0.717, 1.165) is 31.6 Å². The molecule has 1 saturated carbocycles. The molecular weight excluding hydrogens is 321 g/mol. The zero-order valence-corrected chi connectivity index (χ0v) is 14.0. The van der Waals surface area contributed by atoms with Crippen LogP contribution in [0, 0.1) is 11.7 Å². The van der Waals surface area contributed by atoms with Crippen molar-refractivity contribution >= 4 is 21.5 Å². The van der Waals surface area contributed by atoms with Gasteiger partial charge in [0.1, 0.15) is 5.82 Å². The first-order valence-electron chi connectivity index (χ1n) is 7.68. The number of nitrogens with one attached hydrogen (secondary N) is 1. The minimum atomic E-state index is -3.53. The summed E-state index contributed by atoms with van der Waals surface area (Å²) >= 11 is 0. The number of fused-ring (bicyclic) bond motifs is 3. The summed E-state index contributed by atoms with van der Waals surface area (Å²) in [6, 6.07) is 2.43. The number of carbonyl (C=O) groups is 1. The zero-order chi connectivity index (χ0) is 16.8. The molecule has 1 aliphatic carbocycles. The van der Waals surface area contributed by atoms with Crippen molar-refractivity contribution in [3.8, 4) is 0 Å². The Morgan fingerprint density at radius 2 is 2.13 bits per heavy atom. The Morgan fingerprint density at radius 3 is 2.78 bits per heavy atom. The highest BCUT2D eigenvalue weighted by Crippen LogP contribution is 2.49. The average Bonchev–Trinajstić information content (AvgIpc) is 2.85. The molecule has 3 atom stereocenters.